The number of nitrogens with one attached hydrogen (secondary N) is 1. The van der Waals surface area contributed by atoms with E-state index < -0.39 is 11.2 Å². The Labute approximate surface area is 102 Å². The molecule has 4 heteroatoms. The molecule has 0 aromatic heterocycles. The predicted molar refractivity (Wildman–Crippen MR) is 68.2 cm³/mol. The molecular formula is C13H18N3O. The van der Waals surface area contributed by atoms with Crippen molar-refractivity contribution >= 4 is 11.5 Å². The van der Waals surface area contributed by atoms with Gasteiger partial charge in [-0.05, 0) is 39.8 Å². The lowest BCUT2D eigenvalue weighted by Crippen LogP contribution is -2.50. The van der Waals surface area contributed by atoms with Crippen molar-refractivity contribution in [3.05, 3.63) is 30.3 Å². The Balaban J connectivity index is 2.28. The maximum Gasteiger partial charge on any atom is 0.136 e. The van der Waals surface area contributed by atoms with Crippen LogP contribution in [0.5, 0.6) is 0 Å². The SMILES string of the molecule is CC1(C)N=C(Nc2ccccc2)C(C)(C)N1[O]. The average Bonchev–Trinajstić information content (AvgIpc) is 2.41. The van der Waals surface area contributed by atoms with Crippen LogP contribution in [0.25, 0.3) is 0 Å². The smallest absolute Gasteiger partial charge is 0.136 e. The van der Waals surface area contributed by atoms with Crippen LogP contribution in [0.2, 0.25) is 0 Å². The highest BCUT2D eigenvalue weighted by molar-refractivity contribution is 6.03. The van der Waals surface area contributed by atoms with Crippen LogP contribution in [0.4, 0.5) is 5.69 Å². The van der Waals surface area contributed by atoms with E-state index in [9.17, 15) is 5.21 Å². The van der Waals surface area contributed by atoms with Crippen LogP contribution in [0.1, 0.15) is 27.7 Å². The van der Waals surface area contributed by atoms with E-state index in [1.165, 1.54) is 0 Å². The van der Waals surface area contributed by atoms with Crippen LogP contribution >= 0.6 is 0 Å². The Hall–Kier alpha value is -1.39. The zero-order valence-corrected chi connectivity index (χ0v) is 10.7. The summed E-state index contributed by atoms with van der Waals surface area (Å²) in [4.78, 5) is 4.47. The highest BCUT2D eigenvalue weighted by Crippen LogP contribution is 2.33. The van der Waals surface area contributed by atoms with Gasteiger partial charge in [-0.3, -0.25) is 0 Å². The van der Waals surface area contributed by atoms with Crippen molar-refractivity contribution in [3.63, 3.8) is 0 Å². The molecule has 0 spiro atoms. The van der Waals surface area contributed by atoms with Crippen LogP contribution in [-0.2, 0) is 5.21 Å². The molecule has 0 amide bonds. The quantitative estimate of drug-likeness (QED) is 0.809. The minimum atomic E-state index is -0.708. The number of hydroxylamine groups is 2. The Morgan fingerprint density at radius 1 is 1.12 bits per heavy atom. The van der Waals surface area contributed by atoms with Crippen molar-refractivity contribution in [2.75, 3.05) is 5.32 Å². The maximum atomic E-state index is 12.1. The molecule has 1 aromatic carbocycles. The number of hydrogen-bond donors (Lipinski definition) is 1. The summed E-state index contributed by atoms with van der Waals surface area (Å²) in [5.41, 5.74) is -0.384. The third kappa shape index (κ3) is 2.06. The van der Waals surface area contributed by atoms with Crippen molar-refractivity contribution in [1.29, 1.82) is 0 Å². The minimum Gasteiger partial charge on any atom is -0.342 e. The number of anilines is 1. The maximum absolute atomic E-state index is 12.1. The molecule has 1 heterocycles. The number of para-hydroxylation sites is 1. The molecule has 1 aromatic rings. The molecule has 1 radical (unpaired) electrons. The van der Waals surface area contributed by atoms with Crippen molar-refractivity contribution in [1.82, 2.24) is 5.06 Å². The standard InChI is InChI=1S/C13H18N3O/c1-12(2)11(15-13(3,4)16(12)17)14-10-8-6-5-7-9-10/h5-9H,1-4H3,(H,14,15). The molecule has 2 rings (SSSR count). The van der Waals surface area contributed by atoms with Gasteiger partial charge in [0.15, 0.2) is 0 Å². The number of amidine groups is 1. The van der Waals surface area contributed by atoms with E-state index in [0.717, 1.165) is 10.8 Å². The van der Waals surface area contributed by atoms with Gasteiger partial charge in [-0.1, -0.05) is 18.2 Å². The fourth-order valence-electron chi connectivity index (χ4n) is 2.08. The molecule has 4 nitrogen and oxygen atoms in total. The van der Waals surface area contributed by atoms with Gasteiger partial charge in [-0.2, -0.15) is 0 Å². The third-order valence-electron chi connectivity index (χ3n) is 3.01. The summed E-state index contributed by atoms with van der Waals surface area (Å²) in [5, 5.41) is 16.4. The Bertz CT molecular complexity index is 437. The van der Waals surface area contributed by atoms with Gasteiger partial charge in [-0.25, -0.2) is 4.99 Å². The highest BCUT2D eigenvalue weighted by atomic mass is 16.5. The lowest BCUT2D eigenvalue weighted by atomic mass is 10.0. The van der Waals surface area contributed by atoms with Crippen molar-refractivity contribution in [3.8, 4) is 0 Å². The van der Waals surface area contributed by atoms with Gasteiger partial charge in [0, 0.05) is 5.69 Å². The molecule has 0 saturated carbocycles. The van der Waals surface area contributed by atoms with Gasteiger partial charge >= 0.3 is 0 Å². The van der Waals surface area contributed by atoms with Crippen molar-refractivity contribution < 1.29 is 5.21 Å². The van der Waals surface area contributed by atoms with Crippen LogP contribution in [0.15, 0.2) is 35.3 Å². The van der Waals surface area contributed by atoms with Gasteiger partial charge in [0.05, 0.1) is 0 Å². The largest absolute Gasteiger partial charge is 0.342 e. The first-order valence-electron chi connectivity index (χ1n) is 5.74. The first-order chi connectivity index (χ1) is 7.84. The highest BCUT2D eigenvalue weighted by Gasteiger charge is 2.48. The number of rotatable bonds is 1. The molecule has 1 N–H and O–H groups in total. The molecular weight excluding hydrogens is 214 g/mol. The van der Waals surface area contributed by atoms with Gasteiger partial charge < -0.3 is 5.32 Å². The first kappa shape index (κ1) is 12.1. The van der Waals surface area contributed by atoms with E-state index in [4.69, 9.17) is 0 Å². The number of hydrogen-bond acceptors (Lipinski definition) is 3. The van der Waals surface area contributed by atoms with Crippen LogP contribution in [-0.4, -0.2) is 22.1 Å². The first-order valence-corrected chi connectivity index (χ1v) is 5.74. The fourth-order valence-corrected chi connectivity index (χ4v) is 2.08. The Kier molecular flexibility index (Phi) is 2.72. The normalized spacial score (nSPS) is 22.3. The van der Waals surface area contributed by atoms with E-state index >= 15 is 0 Å². The number of aliphatic imine (C=N–C) groups is 1. The molecule has 1 aliphatic heterocycles. The predicted octanol–water partition coefficient (Wildman–Crippen LogP) is 2.67. The molecule has 0 aliphatic carbocycles. The number of nitrogens with zero attached hydrogens (tertiary/aromatic N) is 2. The fraction of sp³-hybridized carbons (Fsp3) is 0.462. The monoisotopic (exact) mass is 232 g/mol. The Morgan fingerprint density at radius 3 is 2.18 bits per heavy atom. The van der Waals surface area contributed by atoms with E-state index in [0.29, 0.717) is 5.84 Å². The lowest BCUT2D eigenvalue weighted by molar-refractivity contribution is -0.241. The third-order valence-corrected chi connectivity index (χ3v) is 3.01. The molecule has 0 fully saturated rings. The average molecular weight is 232 g/mol. The summed E-state index contributed by atoms with van der Waals surface area (Å²) < 4.78 is 0. The molecule has 17 heavy (non-hydrogen) atoms. The second-order valence-corrected chi connectivity index (χ2v) is 5.30. The molecule has 91 valence electrons. The van der Waals surface area contributed by atoms with Crippen LogP contribution in [0.3, 0.4) is 0 Å². The Morgan fingerprint density at radius 2 is 1.71 bits per heavy atom. The summed E-state index contributed by atoms with van der Waals surface area (Å²) in [6, 6.07) is 9.77. The lowest BCUT2D eigenvalue weighted by Gasteiger charge is -2.31. The van der Waals surface area contributed by atoms with Gasteiger partial charge in [-0.15, -0.1) is 10.3 Å². The van der Waals surface area contributed by atoms with E-state index in [1.54, 1.807) is 0 Å². The molecule has 0 atom stereocenters. The van der Waals surface area contributed by atoms with E-state index in [-0.39, 0.29) is 0 Å². The molecule has 0 unspecified atom stereocenters. The summed E-state index contributed by atoms with van der Waals surface area (Å²) in [7, 11) is 0. The van der Waals surface area contributed by atoms with E-state index in [2.05, 4.69) is 10.3 Å². The zero-order chi connectivity index (χ0) is 12.7. The summed E-state index contributed by atoms with van der Waals surface area (Å²) >= 11 is 0. The van der Waals surface area contributed by atoms with Crippen molar-refractivity contribution in [2.45, 2.75) is 38.9 Å². The zero-order valence-electron chi connectivity index (χ0n) is 10.7. The molecule has 1 aliphatic rings. The molecule has 0 saturated heterocycles. The summed E-state index contributed by atoms with van der Waals surface area (Å²) in [6.45, 7) is 7.40. The van der Waals surface area contributed by atoms with Gasteiger partial charge in [0.1, 0.15) is 17.0 Å². The second kappa shape index (κ2) is 3.82. The van der Waals surface area contributed by atoms with Crippen molar-refractivity contribution in [2.24, 2.45) is 4.99 Å². The van der Waals surface area contributed by atoms with E-state index in [1.807, 2.05) is 58.0 Å². The topological polar surface area (TPSA) is 47.5 Å². The second-order valence-electron chi connectivity index (χ2n) is 5.30. The van der Waals surface area contributed by atoms with Gasteiger partial charge in [0.25, 0.3) is 0 Å². The molecule has 0 bridgehead atoms. The van der Waals surface area contributed by atoms with Crippen LogP contribution in [0, 0.1) is 0 Å². The van der Waals surface area contributed by atoms with Crippen LogP contribution < -0.4 is 5.32 Å². The minimum absolute atomic E-state index is 0.626. The van der Waals surface area contributed by atoms with Gasteiger partial charge in [0.2, 0.25) is 0 Å². The number of benzene rings is 1. The summed E-state index contributed by atoms with van der Waals surface area (Å²) in [5.74, 6) is 0.712. The summed E-state index contributed by atoms with van der Waals surface area (Å²) in [6.07, 6.45) is 0.